The van der Waals surface area contributed by atoms with Crippen LogP contribution < -0.4 is 4.74 Å². The van der Waals surface area contributed by atoms with Crippen molar-refractivity contribution in [1.29, 1.82) is 0 Å². The summed E-state index contributed by atoms with van der Waals surface area (Å²) in [5, 5.41) is 23.0. The normalized spacial score (nSPS) is 20.5. The van der Waals surface area contributed by atoms with Crippen LogP contribution in [0.25, 0.3) is 0 Å². The summed E-state index contributed by atoms with van der Waals surface area (Å²) in [7, 11) is 0. The standard InChI is InChI=1S/C21H19NO4/c1-21(2)15-11-16(23)14-9-6-10-17(18(14)19(15)22(25)20(21)24)26-12-13-7-4-3-5-8-13/h3-11,20,24H,12H2,1-2H3. The van der Waals surface area contributed by atoms with Crippen molar-refractivity contribution >= 4 is 11.5 Å². The van der Waals surface area contributed by atoms with Crippen molar-refractivity contribution in [3.05, 3.63) is 82.1 Å². The Hall–Kier alpha value is -2.92. The molecule has 5 nitrogen and oxygen atoms in total. The number of hydrogen-bond donors (Lipinski definition) is 1. The van der Waals surface area contributed by atoms with Crippen LogP contribution in [0.5, 0.6) is 5.75 Å². The maximum atomic E-state index is 12.7. The minimum Gasteiger partial charge on any atom is -0.621 e. The van der Waals surface area contributed by atoms with E-state index in [4.69, 9.17) is 4.74 Å². The van der Waals surface area contributed by atoms with Crippen LogP contribution in [-0.4, -0.2) is 27.6 Å². The van der Waals surface area contributed by atoms with E-state index in [-0.39, 0.29) is 5.78 Å². The molecule has 0 spiro atoms. The van der Waals surface area contributed by atoms with Gasteiger partial charge in [-0.15, -0.1) is 0 Å². The van der Waals surface area contributed by atoms with Crippen LogP contribution in [0.15, 0.2) is 60.2 Å². The van der Waals surface area contributed by atoms with Gasteiger partial charge in [-0.25, -0.2) is 0 Å². The molecule has 5 heteroatoms. The molecule has 0 bridgehead atoms. The van der Waals surface area contributed by atoms with Crippen molar-refractivity contribution in [3.63, 3.8) is 0 Å². The van der Waals surface area contributed by atoms with Gasteiger partial charge in [-0.05, 0) is 37.6 Å². The second kappa shape index (κ2) is 5.81. The van der Waals surface area contributed by atoms with Gasteiger partial charge >= 0.3 is 0 Å². The minimum absolute atomic E-state index is 0.181. The van der Waals surface area contributed by atoms with Gasteiger partial charge < -0.3 is 15.1 Å². The topological polar surface area (TPSA) is 72.6 Å². The van der Waals surface area contributed by atoms with Crippen LogP contribution in [-0.2, 0) is 6.61 Å². The number of rotatable bonds is 3. The van der Waals surface area contributed by atoms with E-state index in [0.29, 0.717) is 39.5 Å². The van der Waals surface area contributed by atoms with Gasteiger partial charge in [0.05, 0.1) is 5.41 Å². The number of fused-ring (bicyclic) bond motifs is 3. The maximum Gasteiger partial charge on any atom is 0.275 e. The van der Waals surface area contributed by atoms with Crippen LogP contribution in [0.3, 0.4) is 0 Å². The lowest BCUT2D eigenvalue weighted by Crippen LogP contribution is -2.31. The van der Waals surface area contributed by atoms with Crippen molar-refractivity contribution in [2.24, 2.45) is 5.41 Å². The number of aliphatic hydroxyl groups is 1. The highest BCUT2D eigenvalue weighted by Gasteiger charge is 2.53. The van der Waals surface area contributed by atoms with E-state index in [1.165, 1.54) is 6.08 Å². The zero-order chi connectivity index (χ0) is 18.5. The Kier molecular flexibility index (Phi) is 3.70. The first kappa shape index (κ1) is 16.5. The molecule has 0 amide bonds. The lowest BCUT2D eigenvalue weighted by Gasteiger charge is -2.22. The molecule has 26 heavy (non-hydrogen) atoms. The highest BCUT2D eigenvalue weighted by Crippen LogP contribution is 2.44. The predicted molar refractivity (Wildman–Crippen MR) is 97.2 cm³/mol. The highest BCUT2D eigenvalue weighted by molar-refractivity contribution is 6.27. The Morgan fingerprint density at radius 1 is 1.15 bits per heavy atom. The molecule has 1 atom stereocenters. The van der Waals surface area contributed by atoms with Gasteiger partial charge in [-0.1, -0.05) is 36.4 Å². The van der Waals surface area contributed by atoms with E-state index in [1.54, 1.807) is 32.0 Å². The first-order chi connectivity index (χ1) is 12.4. The Bertz CT molecular complexity index is 957. The molecule has 0 radical (unpaired) electrons. The summed E-state index contributed by atoms with van der Waals surface area (Å²) in [5.41, 5.74) is 1.90. The Balaban J connectivity index is 1.81. The summed E-state index contributed by atoms with van der Waals surface area (Å²) < 4.78 is 6.54. The lowest BCUT2D eigenvalue weighted by molar-refractivity contribution is -0.557. The Morgan fingerprint density at radius 3 is 2.62 bits per heavy atom. The smallest absolute Gasteiger partial charge is 0.275 e. The number of ketones is 1. The van der Waals surface area contributed by atoms with Gasteiger partial charge in [0.25, 0.3) is 6.23 Å². The third kappa shape index (κ3) is 2.35. The molecule has 2 aromatic carbocycles. The van der Waals surface area contributed by atoms with E-state index >= 15 is 0 Å². The number of ether oxygens (including phenoxy) is 1. The number of allylic oxidation sites excluding steroid dienone is 1. The minimum atomic E-state index is -1.25. The van der Waals surface area contributed by atoms with Crippen LogP contribution >= 0.6 is 0 Å². The van der Waals surface area contributed by atoms with Crippen molar-refractivity contribution < 1.29 is 19.4 Å². The number of aliphatic hydroxyl groups excluding tert-OH is 1. The first-order valence-corrected chi connectivity index (χ1v) is 8.49. The van der Waals surface area contributed by atoms with Gasteiger partial charge in [0.2, 0.25) is 5.71 Å². The van der Waals surface area contributed by atoms with Crippen LogP contribution in [0.2, 0.25) is 0 Å². The summed E-state index contributed by atoms with van der Waals surface area (Å²) in [5.74, 6) is 0.283. The first-order valence-electron chi connectivity index (χ1n) is 8.49. The van der Waals surface area contributed by atoms with Crippen LogP contribution in [0.1, 0.15) is 35.3 Å². The average molecular weight is 349 g/mol. The highest BCUT2D eigenvalue weighted by atomic mass is 16.5. The summed E-state index contributed by atoms with van der Waals surface area (Å²) in [6.45, 7) is 3.84. The number of benzene rings is 2. The zero-order valence-corrected chi connectivity index (χ0v) is 14.6. The summed E-state index contributed by atoms with van der Waals surface area (Å²) in [6.07, 6.45) is 0.212. The quantitative estimate of drug-likeness (QED) is 0.683. The molecule has 0 saturated carbocycles. The van der Waals surface area contributed by atoms with Gasteiger partial charge in [0.15, 0.2) is 5.78 Å². The Morgan fingerprint density at radius 2 is 1.88 bits per heavy atom. The molecule has 132 valence electrons. The molecule has 1 aliphatic heterocycles. The molecule has 0 fully saturated rings. The van der Waals surface area contributed by atoms with E-state index in [1.807, 2.05) is 30.3 Å². The maximum absolute atomic E-state index is 12.7. The summed E-state index contributed by atoms with van der Waals surface area (Å²) >= 11 is 0. The molecule has 0 aromatic heterocycles. The molecule has 1 unspecified atom stereocenters. The molecule has 1 heterocycles. The lowest BCUT2D eigenvalue weighted by atomic mass is 9.76. The van der Waals surface area contributed by atoms with Gasteiger partial charge in [-0.2, -0.15) is 4.74 Å². The third-order valence-corrected chi connectivity index (χ3v) is 5.08. The van der Waals surface area contributed by atoms with Gasteiger partial charge in [0.1, 0.15) is 17.9 Å². The second-order valence-corrected chi connectivity index (χ2v) is 7.15. The Labute approximate surface area is 151 Å². The van der Waals surface area contributed by atoms with E-state index in [0.717, 1.165) is 5.56 Å². The third-order valence-electron chi connectivity index (χ3n) is 5.08. The molecule has 1 aliphatic carbocycles. The van der Waals surface area contributed by atoms with Crippen molar-refractivity contribution in [2.45, 2.75) is 26.7 Å². The van der Waals surface area contributed by atoms with Gasteiger partial charge in [-0.3, -0.25) is 4.79 Å². The number of hydrogen-bond acceptors (Lipinski definition) is 4. The zero-order valence-electron chi connectivity index (χ0n) is 14.6. The van der Waals surface area contributed by atoms with Crippen molar-refractivity contribution in [2.75, 3.05) is 0 Å². The van der Waals surface area contributed by atoms with E-state index in [9.17, 15) is 15.1 Å². The average Bonchev–Trinajstić information content (AvgIpc) is 2.81. The fraction of sp³-hybridized carbons (Fsp3) is 0.238. The monoisotopic (exact) mass is 349 g/mol. The SMILES string of the molecule is CC1(C)C2=CC(=O)c3cccc(OCc4ccccc4)c3C2=[N+]([O-])C1O. The van der Waals surface area contributed by atoms with E-state index < -0.39 is 11.6 Å². The molecular weight excluding hydrogens is 330 g/mol. The summed E-state index contributed by atoms with van der Waals surface area (Å²) in [6, 6.07) is 14.8. The second-order valence-electron chi connectivity index (χ2n) is 7.15. The van der Waals surface area contributed by atoms with Crippen molar-refractivity contribution in [1.82, 2.24) is 0 Å². The molecule has 2 aromatic rings. The fourth-order valence-electron chi connectivity index (χ4n) is 3.52. The predicted octanol–water partition coefficient (Wildman–Crippen LogP) is 3.05. The van der Waals surface area contributed by atoms with E-state index in [2.05, 4.69) is 0 Å². The van der Waals surface area contributed by atoms with Crippen LogP contribution in [0.4, 0.5) is 0 Å². The largest absolute Gasteiger partial charge is 0.621 e. The molecular formula is C21H19NO4. The van der Waals surface area contributed by atoms with Crippen LogP contribution in [0, 0.1) is 10.6 Å². The number of nitrogens with zero attached hydrogens (tertiary/aromatic N) is 1. The fourth-order valence-corrected chi connectivity index (χ4v) is 3.52. The summed E-state index contributed by atoms with van der Waals surface area (Å²) in [4.78, 5) is 12.6. The molecule has 2 aliphatic rings. The molecule has 1 N–H and O–H groups in total. The van der Waals surface area contributed by atoms with Gasteiger partial charge in [0, 0.05) is 11.1 Å². The number of hydroxylamine groups is 1. The number of carbonyl (C=O) groups excluding carboxylic acids is 1. The van der Waals surface area contributed by atoms with Crippen molar-refractivity contribution in [3.8, 4) is 5.75 Å². The molecule has 4 rings (SSSR count). The number of carbonyl (C=O) groups is 1. The molecule has 0 saturated heterocycles.